The number of carboxylic acid groups (broad SMARTS) is 1. The van der Waals surface area contributed by atoms with Crippen molar-refractivity contribution in [2.45, 2.75) is 110 Å². The van der Waals surface area contributed by atoms with Gasteiger partial charge >= 0.3 is 12.1 Å². The Bertz CT molecular complexity index is 1040. The van der Waals surface area contributed by atoms with E-state index in [1.807, 2.05) is 13.8 Å². The van der Waals surface area contributed by atoms with E-state index in [-0.39, 0.29) is 24.7 Å². The normalized spacial score (nSPS) is 17.0. The van der Waals surface area contributed by atoms with Crippen LogP contribution in [-0.2, 0) is 33.5 Å². The van der Waals surface area contributed by atoms with E-state index in [1.165, 1.54) is 4.90 Å². The maximum atomic E-state index is 13.2. The number of amides is 6. The Morgan fingerprint density at radius 2 is 1.44 bits per heavy atom. The Morgan fingerprint density at radius 1 is 0.884 bits per heavy atom. The molecule has 15 heteroatoms. The molecule has 0 aromatic heterocycles. The molecule has 244 valence electrons. The van der Waals surface area contributed by atoms with Crippen molar-refractivity contribution in [1.29, 1.82) is 0 Å². The minimum atomic E-state index is -1.57. The fourth-order valence-corrected chi connectivity index (χ4v) is 4.46. The van der Waals surface area contributed by atoms with Gasteiger partial charge in [-0.25, -0.2) is 9.59 Å². The molecule has 1 fully saturated rings. The summed E-state index contributed by atoms with van der Waals surface area (Å²) in [5.74, 6) is -5.14. The summed E-state index contributed by atoms with van der Waals surface area (Å²) in [5.41, 5.74) is 4.32. The molecular formula is C28H48N6O9. The SMILES string of the molecule is CC(C)C[C@H](NC(=O)CNC(=O)[C@H](CC(C)C)NC(=O)[C@@H]1CCCN1C(=O)OC(C)(C)C)C(=O)N[C@@H](CC(N)=O)C(=O)O. The Kier molecular flexibility index (Phi) is 14.4. The summed E-state index contributed by atoms with van der Waals surface area (Å²) in [6.45, 7) is 12.3. The van der Waals surface area contributed by atoms with Crippen LogP contribution in [0.5, 0.6) is 0 Å². The standard InChI is InChI=1S/C28H48N6O9/c1-15(2)11-17(32-25(39)20-9-8-10-34(20)27(42)43-28(5,6)7)23(37)30-14-22(36)31-18(12-16(3)4)24(38)33-19(26(40)41)13-21(29)35/h15-20H,8-14H2,1-7H3,(H2,29,35)(H,30,37)(H,31,36)(H,32,39)(H,33,38)(H,40,41)/t17-,18-,19-,20-/m0/s1. The first-order chi connectivity index (χ1) is 19.8. The van der Waals surface area contributed by atoms with Gasteiger partial charge in [-0.15, -0.1) is 0 Å². The Balaban J connectivity index is 2.87. The van der Waals surface area contributed by atoms with Crippen LogP contribution in [0, 0.1) is 11.8 Å². The van der Waals surface area contributed by atoms with Gasteiger partial charge in [0.05, 0.1) is 13.0 Å². The van der Waals surface area contributed by atoms with Gasteiger partial charge in [-0.1, -0.05) is 27.7 Å². The van der Waals surface area contributed by atoms with E-state index in [2.05, 4.69) is 21.3 Å². The molecule has 0 spiro atoms. The fourth-order valence-electron chi connectivity index (χ4n) is 4.46. The summed E-state index contributed by atoms with van der Waals surface area (Å²) >= 11 is 0. The maximum absolute atomic E-state index is 13.2. The second-order valence-corrected chi connectivity index (χ2v) is 12.6. The summed E-state index contributed by atoms with van der Waals surface area (Å²) in [4.78, 5) is 88.2. The summed E-state index contributed by atoms with van der Waals surface area (Å²) in [7, 11) is 0. The Morgan fingerprint density at radius 3 is 1.93 bits per heavy atom. The molecule has 6 amide bonds. The minimum Gasteiger partial charge on any atom is -0.480 e. The molecule has 4 atom stereocenters. The third-order valence-electron chi connectivity index (χ3n) is 6.33. The average molecular weight is 613 g/mol. The fraction of sp³-hybridized carbons (Fsp3) is 0.750. The van der Waals surface area contributed by atoms with Gasteiger partial charge in [0.1, 0.15) is 29.8 Å². The van der Waals surface area contributed by atoms with E-state index < -0.39 is 84.3 Å². The largest absolute Gasteiger partial charge is 0.480 e. The summed E-state index contributed by atoms with van der Waals surface area (Å²) in [6, 6.07) is -4.52. The van der Waals surface area contributed by atoms with Gasteiger partial charge in [0.2, 0.25) is 29.5 Å². The number of nitrogens with one attached hydrogen (secondary N) is 4. The summed E-state index contributed by atoms with van der Waals surface area (Å²) < 4.78 is 5.41. The van der Waals surface area contributed by atoms with Gasteiger partial charge in [-0.2, -0.15) is 0 Å². The van der Waals surface area contributed by atoms with E-state index >= 15 is 0 Å². The van der Waals surface area contributed by atoms with Crippen LogP contribution < -0.4 is 27.0 Å². The van der Waals surface area contributed by atoms with E-state index in [1.54, 1.807) is 34.6 Å². The van der Waals surface area contributed by atoms with Crippen molar-refractivity contribution < 1.29 is 43.4 Å². The lowest BCUT2D eigenvalue weighted by molar-refractivity contribution is -0.143. The third kappa shape index (κ3) is 13.7. The summed E-state index contributed by atoms with van der Waals surface area (Å²) in [6.07, 6.45) is 0.169. The van der Waals surface area contributed by atoms with Crippen molar-refractivity contribution in [3.8, 4) is 0 Å². The van der Waals surface area contributed by atoms with Crippen molar-refractivity contribution in [1.82, 2.24) is 26.2 Å². The van der Waals surface area contributed by atoms with Crippen LogP contribution in [0.25, 0.3) is 0 Å². The molecule has 1 aliphatic heterocycles. The van der Waals surface area contributed by atoms with Crippen molar-refractivity contribution in [2.24, 2.45) is 17.6 Å². The van der Waals surface area contributed by atoms with Crippen LogP contribution >= 0.6 is 0 Å². The zero-order chi connectivity index (χ0) is 33.1. The molecule has 15 nitrogen and oxygen atoms in total. The number of aliphatic carboxylic acids is 1. The number of likely N-dealkylation sites (tertiary alicyclic amines) is 1. The molecule has 1 aliphatic rings. The van der Waals surface area contributed by atoms with Gasteiger partial charge in [0, 0.05) is 6.54 Å². The highest BCUT2D eigenvalue weighted by molar-refractivity contribution is 5.95. The lowest BCUT2D eigenvalue weighted by Gasteiger charge is -2.29. The van der Waals surface area contributed by atoms with Crippen LogP contribution in [-0.4, -0.2) is 94.5 Å². The number of carbonyl (C=O) groups is 7. The highest BCUT2D eigenvalue weighted by Crippen LogP contribution is 2.21. The number of hydrogen-bond acceptors (Lipinski definition) is 8. The van der Waals surface area contributed by atoms with Crippen molar-refractivity contribution >= 4 is 41.6 Å². The number of ether oxygens (including phenoxy) is 1. The number of primary amides is 1. The second kappa shape index (κ2) is 16.7. The predicted molar refractivity (Wildman–Crippen MR) is 155 cm³/mol. The van der Waals surface area contributed by atoms with Crippen molar-refractivity contribution in [3.05, 3.63) is 0 Å². The van der Waals surface area contributed by atoms with E-state index in [0.29, 0.717) is 19.4 Å². The van der Waals surface area contributed by atoms with Gasteiger partial charge in [-0.05, 0) is 58.3 Å². The van der Waals surface area contributed by atoms with Gasteiger partial charge in [0.25, 0.3) is 0 Å². The topological polar surface area (TPSA) is 226 Å². The number of hydrogen-bond donors (Lipinski definition) is 6. The molecule has 7 N–H and O–H groups in total. The highest BCUT2D eigenvalue weighted by atomic mass is 16.6. The molecule has 43 heavy (non-hydrogen) atoms. The predicted octanol–water partition coefficient (Wildman–Crippen LogP) is 0.00870. The summed E-state index contributed by atoms with van der Waals surface area (Å²) in [5, 5.41) is 19.2. The molecule has 0 radical (unpaired) electrons. The quantitative estimate of drug-likeness (QED) is 0.146. The highest BCUT2D eigenvalue weighted by Gasteiger charge is 2.38. The number of carbonyl (C=O) groups excluding carboxylic acids is 6. The molecule has 0 aromatic rings. The lowest BCUT2D eigenvalue weighted by Crippen LogP contribution is -2.56. The van der Waals surface area contributed by atoms with Gasteiger partial charge in [-0.3, -0.25) is 28.9 Å². The maximum Gasteiger partial charge on any atom is 0.410 e. The smallest absolute Gasteiger partial charge is 0.410 e. The van der Waals surface area contributed by atoms with Crippen LogP contribution in [0.1, 0.15) is 80.6 Å². The number of carboxylic acids is 1. The van der Waals surface area contributed by atoms with Crippen LogP contribution in [0.4, 0.5) is 4.79 Å². The molecule has 0 saturated carbocycles. The molecular weight excluding hydrogens is 564 g/mol. The Hall–Kier alpha value is -3.91. The van der Waals surface area contributed by atoms with Gasteiger partial charge in [0.15, 0.2) is 0 Å². The molecule has 0 unspecified atom stereocenters. The zero-order valence-corrected chi connectivity index (χ0v) is 26.2. The van der Waals surface area contributed by atoms with E-state index in [9.17, 15) is 38.7 Å². The molecule has 1 rings (SSSR count). The van der Waals surface area contributed by atoms with E-state index in [0.717, 1.165) is 0 Å². The first-order valence-electron chi connectivity index (χ1n) is 14.5. The molecule has 0 aromatic carbocycles. The third-order valence-corrected chi connectivity index (χ3v) is 6.33. The van der Waals surface area contributed by atoms with Crippen molar-refractivity contribution in [2.75, 3.05) is 13.1 Å². The van der Waals surface area contributed by atoms with Crippen LogP contribution in [0.2, 0.25) is 0 Å². The Labute approximate surface area is 252 Å². The lowest BCUT2D eigenvalue weighted by atomic mass is 10.0. The first-order valence-corrected chi connectivity index (χ1v) is 14.5. The second-order valence-electron chi connectivity index (χ2n) is 12.6. The molecule has 1 saturated heterocycles. The zero-order valence-electron chi connectivity index (χ0n) is 26.2. The molecule has 0 aliphatic carbocycles. The first kappa shape index (κ1) is 37.1. The number of nitrogens with zero attached hydrogens (tertiary/aromatic N) is 1. The van der Waals surface area contributed by atoms with Crippen LogP contribution in [0.15, 0.2) is 0 Å². The van der Waals surface area contributed by atoms with E-state index in [4.69, 9.17) is 10.5 Å². The minimum absolute atomic E-state index is 0.00267. The monoisotopic (exact) mass is 612 g/mol. The van der Waals surface area contributed by atoms with Crippen LogP contribution in [0.3, 0.4) is 0 Å². The molecule has 1 heterocycles. The van der Waals surface area contributed by atoms with Crippen molar-refractivity contribution in [3.63, 3.8) is 0 Å². The average Bonchev–Trinajstić information content (AvgIpc) is 3.34. The number of rotatable bonds is 15. The number of nitrogens with two attached hydrogens (primary N) is 1. The van der Waals surface area contributed by atoms with Gasteiger partial charge < -0.3 is 36.8 Å². The molecule has 0 bridgehead atoms.